The van der Waals surface area contributed by atoms with Gasteiger partial charge in [-0.25, -0.2) is 32.3 Å². The molecule has 0 saturated carbocycles. The number of halogens is 1. The van der Waals surface area contributed by atoms with Gasteiger partial charge in [-0.2, -0.15) is 5.10 Å². The van der Waals surface area contributed by atoms with E-state index in [0.29, 0.717) is 23.6 Å². The molecule has 0 spiro atoms. The van der Waals surface area contributed by atoms with Crippen LogP contribution in [-0.4, -0.2) is 52.3 Å². The van der Waals surface area contributed by atoms with E-state index in [2.05, 4.69) is 43.3 Å². The second-order valence-corrected chi connectivity index (χ2v) is 10.3. The summed E-state index contributed by atoms with van der Waals surface area (Å²) in [6.45, 7) is 3.53. The minimum absolute atomic E-state index is 0.337. The third-order valence-corrected chi connectivity index (χ3v) is 7.06. The zero-order valence-corrected chi connectivity index (χ0v) is 20.1. The number of aryl methyl sites for hydroxylation is 1. The van der Waals surface area contributed by atoms with E-state index < -0.39 is 15.7 Å². The average molecular weight is 494 g/mol. The van der Waals surface area contributed by atoms with Crippen molar-refractivity contribution < 1.29 is 12.8 Å². The van der Waals surface area contributed by atoms with Crippen LogP contribution < -0.4 is 10.2 Å². The van der Waals surface area contributed by atoms with E-state index in [9.17, 15) is 12.8 Å². The van der Waals surface area contributed by atoms with Crippen LogP contribution in [0.2, 0.25) is 0 Å². The second kappa shape index (κ2) is 9.06. The van der Waals surface area contributed by atoms with Gasteiger partial charge < -0.3 is 10.2 Å². The largest absolute Gasteiger partial charge is 0.352 e. The summed E-state index contributed by atoms with van der Waals surface area (Å²) >= 11 is 0. The molecule has 0 radical (unpaired) electrons. The molecule has 1 aliphatic rings. The lowest BCUT2D eigenvalue weighted by atomic mass is 10.1. The van der Waals surface area contributed by atoms with Crippen LogP contribution in [0.3, 0.4) is 0 Å². The van der Waals surface area contributed by atoms with E-state index in [-0.39, 0.29) is 4.90 Å². The van der Waals surface area contributed by atoms with E-state index in [4.69, 9.17) is 0 Å². The minimum atomic E-state index is -3.64. The molecule has 11 heteroatoms. The van der Waals surface area contributed by atoms with Gasteiger partial charge in [0.2, 0.25) is 5.95 Å². The molecule has 180 valence electrons. The number of hydrogen-bond donors (Lipinski definition) is 1. The molecule has 35 heavy (non-hydrogen) atoms. The molecular weight excluding hydrogens is 469 g/mol. The van der Waals surface area contributed by atoms with Gasteiger partial charge in [0.05, 0.1) is 23.8 Å². The van der Waals surface area contributed by atoms with Crippen LogP contribution >= 0.6 is 0 Å². The Kier molecular flexibility index (Phi) is 5.93. The maximum Gasteiger partial charge on any atom is 0.225 e. The van der Waals surface area contributed by atoms with Crippen molar-refractivity contribution >= 4 is 38.4 Å². The molecule has 0 atom stereocenters. The molecule has 4 aromatic rings. The number of rotatable bonds is 6. The van der Waals surface area contributed by atoms with Crippen molar-refractivity contribution in [3.8, 4) is 0 Å². The highest BCUT2D eigenvalue weighted by Gasteiger charge is 2.19. The fourth-order valence-electron chi connectivity index (χ4n) is 4.02. The van der Waals surface area contributed by atoms with Gasteiger partial charge in [0.15, 0.2) is 15.5 Å². The lowest BCUT2D eigenvalue weighted by Gasteiger charge is -2.26. The van der Waals surface area contributed by atoms with Crippen molar-refractivity contribution in [3.63, 3.8) is 0 Å². The molecule has 5 rings (SSSR count). The van der Waals surface area contributed by atoms with Crippen molar-refractivity contribution in [2.45, 2.75) is 24.7 Å². The van der Waals surface area contributed by atoms with Gasteiger partial charge in [0.1, 0.15) is 10.7 Å². The molecule has 0 bridgehead atoms. The highest BCUT2D eigenvalue weighted by Crippen LogP contribution is 2.28. The summed E-state index contributed by atoms with van der Waals surface area (Å²) in [5.74, 6) is -0.0915. The van der Waals surface area contributed by atoms with Crippen LogP contribution in [0.25, 0.3) is 11.2 Å². The summed E-state index contributed by atoms with van der Waals surface area (Å²) in [7, 11) is -3.64. The maximum atomic E-state index is 14.3. The Labute approximate surface area is 202 Å². The Balaban J connectivity index is 1.38. The SMILES string of the molecule is CCc1cnc(N2CC=C(c3cnc4c(Nc5ccc(S(C)(=O)=O)c(F)c5)ccnn34)CC2)nc1. The van der Waals surface area contributed by atoms with Crippen molar-refractivity contribution in [2.24, 2.45) is 0 Å². The van der Waals surface area contributed by atoms with Crippen molar-refractivity contribution in [1.82, 2.24) is 24.6 Å². The van der Waals surface area contributed by atoms with Crippen LogP contribution in [-0.2, 0) is 16.3 Å². The summed E-state index contributed by atoms with van der Waals surface area (Å²) in [5.41, 5.74) is 4.72. The number of nitrogens with one attached hydrogen (secondary N) is 1. The molecule has 1 aliphatic heterocycles. The van der Waals surface area contributed by atoms with Crippen LogP contribution in [0.5, 0.6) is 0 Å². The van der Waals surface area contributed by atoms with Crippen molar-refractivity contribution in [1.29, 1.82) is 0 Å². The lowest BCUT2D eigenvalue weighted by molar-refractivity contribution is 0.571. The lowest BCUT2D eigenvalue weighted by Crippen LogP contribution is -2.30. The molecule has 4 heterocycles. The number of hydrogen-bond acceptors (Lipinski definition) is 8. The molecule has 1 aromatic carbocycles. The molecule has 0 unspecified atom stereocenters. The van der Waals surface area contributed by atoms with E-state index >= 15 is 0 Å². The first-order chi connectivity index (χ1) is 16.8. The Hall–Kier alpha value is -3.86. The Morgan fingerprint density at radius 1 is 1.11 bits per heavy atom. The zero-order chi connectivity index (χ0) is 24.6. The molecule has 1 N–H and O–H groups in total. The first-order valence-electron chi connectivity index (χ1n) is 11.2. The number of aromatic nitrogens is 5. The van der Waals surface area contributed by atoms with Crippen molar-refractivity contribution in [3.05, 3.63) is 72.2 Å². The molecule has 0 aliphatic carbocycles. The van der Waals surface area contributed by atoms with Gasteiger partial charge in [-0.05, 0) is 48.2 Å². The van der Waals surface area contributed by atoms with Gasteiger partial charge in [0.25, 0.3) is 0 Å². The summed E-state index contributed by atoms with van der Waals surface area (Å²) in [6.07, 6.45) is 11.9. The molecule has 9 nitrogen and oxygen atoms in total. The summed E-state index contributed by atoms with van der Waals surface area (Å²) in [4.78, 5) is 15.3. The Morgan fingerprint density at radius 2 is 1.91 bits per heavy atom. The van der Waals surface area contributed by atoms with E-state index in [1.165, 1.54) is 12.1 Å². The van der Waals surface area contributed by atoms with E-state index in [0.717, 1.165) is 54.5 Å². The predicted molar refractivity (Wildman–Crippen MR) is 132 cm³/mol. The van der Waals surface area contributed by atoms with Gasteiger partial charge >= 0.3 is 0 Å². The van der Waals surface area contributed by atoms with Crippen LogP contribution in [0.15, 0.2) is 60.0 Å². The fraction of sp³-hybridized carbons (Fsp3) is 0.250. The first-order valence-corrected chi connectivity index (χ1v) is 13.1. The third kappa shape index (κ3) is 4.59. The number of fused-ring (bicyclic) bond motifs is 1. The Morgan fingerprint density at radius 3 is 2.57 bits per heavy atom. The zero-order valence-electron chi connectivity index (χ0n) is 19.3. The van der Waals surface area contributed by atoms with Crippen LogP contribution in [0.4, 0.5) is 21.7 Å². The quantitative estimate of drug-likeness (QED) is 0.434. The highest BCUT2D eigenvalue weighted by atomic mass is 32.2. The number of sulfone groups is 1. The summed E-state index contributed by atoms with van der Waals surface area (Å²) < 4.78 is 39.4. The topological polar surface area (TPSA) is 105 Å². The third-order valence-electron chi connectivity index (χ3n) is 5.93. The number of anilines is 3. The number of nitrogens with zero attached hydrogens (tertiary/aromatic N) is 6. The van der Waals surface area contributed by atoms with Gasteiger partial charge in [-0.15, -0.1) is 0 Å². The van der Waals surface area contributed by atoms with Gasteiger partial charge in [0, 0.05) is 37.4 Å². The Bertz CT molecular complexity index is 1530. The molecule has 0 fully saturated rings. The molecule has 0 amide bonds. The fourth-order valence-corrected chi connectivity index (χ4v) is 4.75. The van der Waals surface area contributed by atoms with Gasteiger partial charge in [-0.1, -0.05) is 13.0 Å². The van der Waals surface area contributed by atoms with Crippen LogP contribution in [0.1, 0.15) is 24.6 Å². The highest BCUT2D eigenvalue weighted by molar-refractivity contribution is 7.90. The molecule has 0 saturated heterocycles. The second-order valence-electron chi connectivity index (χ2n) is 8.34. The summed E-state index contributed by atoms with van der Waals surface area (Å²) in [6, 6.07) is 5.67. The van der Waals surface area contributed by atoms with E-state index in [1.807, 2.05) is 12.4 Å². The first kappa shape index (κ1) is 22.9. The minimum Gasteiger partial charge on any atom is -0.352 e. The normalized spacial score (nSPS) is 14.3. The van der Waals surface area contributed by atoms with Gasteiger partial charge in [-0.3, -0.25) is 0 Å². The average Bonchev–Trinajstić information content (AvgIpc) is 3.29. The monoisotopic (exact) mass is 493 g/mol. The van der Waals surface area contributed by atoms with Crippen LogP contribution in [0, 0.1) is 5.82 Å². The standard InChI is InChI=1S/C24H24FN7O2S/c1-3-16-13-27-24(28-14-16)31-10-7-17(8-11-31)21-15-26-23-20(6-9-29-32(21)23)30-18-4-5-22(19(25)12-18)35(2,33)34/h4-7,9,12-15,30H,3,8,10-11H2,1-2H3. The number of imidazole rings is 1. The molecular formula is C24H24FN7O2S. The molecule has 3 aromatic heterocycles. The number of benzene rings is 1. The van der Waals surface area contributed by atoms with E-state index in [1.54, 1.807) is 23.0 Å². The summed E-state index contributed by atoms with van der Waals surface area (Å²) in [5, 5.41) is 7.58. The maximum absolute atomic E-state index is 14.3. The predicted octanol–water partition coefficient (Wildman–Crippen LogP) is 3.66. The van der Waals surface area contributed by atoms with Crippen molar-refractivity contribution in [2.75, 3.05) is 29.6 Å². The smallest absolute Gasteiger partial charge is 0.225 e.